The molecular weight excluding hydrogens is 515 g/mol. The molecule has 1 saturated carbocycles. The van der Waals surface area contributed by atoms with Gasteiger partial charge in [0, 0.05) is 37.5 Å². The smallest absolute Gasteiger partial charge is 0.250 e. The largest absolute Gasteiger partial charge is 0.490 e. The zero-order chi connectivity index (χ0) is 21.9. The van der Waals surface area contributed by atoms with E-state index in [0.717, 1.165) is 62.6 Å². The lowest BCUT2D eigenvalue weighted by molar-refractivity contribution is 0.208. The molecule has 3 rings (SSSR count). The average molecular weight is 553 g/mol. The summed E-state index contributed by atoms with van der Waals surface area (Å²) in [5.74, 6) is 1.78. The first kappa shape index (κ1) is 26.2. The predicted molar refractivity (Wildman–Crippen MR) is 142 cm³/mol. The lowest BCUT2D eigenvalue weighted by Gasteiger charge is -2.17. The number of aromatic nitrogens is 1. The zero-order valence-electron chi connectivity index (χ0n) is 19.3. The summed E-state index contributed by atoms with van der Waals surface area (Å²) in [5.41, 5.74) is 2.39. The number of aryl methyl sites for hydroxylation is 2. The summed E-state index contributed by atoms with van der Waals surface area (Å²) in [5, 5.41) is 6.72. The van der Waals surface area contributed by atoms with Gasteiger partial charge in [-0.15, -0.1) is 24.0 Å². The summed E-state index contributed by atoms with van der Waals surface area (Å²) < 4.78 is 8.06. The second-order valence-electron chi connectivity index (χ2n) is 8.20. The van der Waals surface area contributed by atoms with Gasteiger partial charge in [0.15, 0.2) is 5.96 Å². The minimum absolute atomic E-state index is 0. The summed E-state index contributed by atoms with van der Waals surface area (Å²) >= 11 is 0. The highest BCUT2D eigenvalue weighted by Crippen LogP contribution is 2.28. The van der Waals surface area contributed by atoms with Crippen LogP contribution in [0.4, 0.5) is 0 Å². The van der Waals surface area contributed by atoms with Crippen molar-refractivity contribution in [2.45, 2.75) is 71.6 Å². The van der Waals surface area contributed by atoms with E-state index in [9.17, 15) is 4.79 Å². The topological polar surface area (TPSA) is 67.7 Å². The van der Waals surface area contributed by atoms with Gasteiger partial charge in [-0.1, -0.05) is 18.2 Å². The standard InChI is InChI=1S/C25H36N4O2.HI/c1-3-26-25(27-15-7-9-17-29-16-8-6-12-24(29)30)28-19-21-14-13-20(2)18-23(21)31-22-10-4-5-11-22;/h6,8,12-14,16,18,22H,3-5,7,9-11,15,17,19H2,1-2H3,(H2,26,27,28);1H. The maximum atomic E-state index is 11.8. The first-order chi connectivity index (χ1) is 15.2. The normalized spacial score (nSPS) is 14.1. The van der Waals surface area contributed by atoms with Crippen molar-refractivity contribution >= 4 is 29.9 Å². The van der Waals surface area contributed by atoms with E-state index in [2.05, 4.69) is 42.7 Å². The van der Waals surface area contributed by atoms with Gasteiger partial charge < -0.3 is 19.9 Å². The highest BCUT2D eigenvalue weighted by molar-refractivity contribution is 14.0. The fraction of sp³-hybridized carbons (Fsp3) is 0.520. The minimum atomic E-state index is 0. The Balaban J connectivity index is 0.00000363. The van der Waals surface area contributed by atoms with Crippen LogP contribution in [-0.4, -0.2) is 29.7 Å². The van der Waals surface area contributed by atoms with Gasteiger partial charge in [0.25, 0.3) is 0 Å². The fourth-order valence-electron chi connectivity index (χ4n) is 3.85. The molecule has 0 aliphatic heterocycles. The van der Waals surface area contributed by atoms with Crippen LogP contribution in [0.1, 0.15) is 56.6 Å². The summed E-state index contributed by atoms with van der Waals surface area (Å²) in [6, 6.07) is 11.7. The maximum Gasteiger partial charge on any atom is 0.250 e. The van der Waals surface area contributed by atoms with Crippen LogP contribution >= 0.6 is 24.0 Å². The molecule has 0 radical (unpaired) electrons. The molecule has 1 aliphatic rings. The number of benzene rings is 1. The van der Waals surface area contributed by atoms with Crippen molar-refractivity contribution < 1.29 is 4.74 Å². The van der Waals surface area contributed by atoms with Crippen molar-refractivity contribution in [3.63, 3.8) is 0 Å². The first-order valence-corrected chi connectivity index (χ1v) is 11.6. The number of halogens is 1. The van der Waals surface area contributed by atoms with E-state index in [1.807, 2.05) is 12.3 Å². The van der Waals surface area contributed by atoms with Gasteiger partial charge in [-0.2, -0.15) is 0 Å². The molecule has 0 spiro atoms. The van der Waals surface area contributed by atoms with Crippen LogP contribution in [-0.2, 0) is 13.1 Å². The zero-order valence-corrected chi connectivity index (χ0v) is 21.6. The molecule has 1 aliphatic carbocycles. The van der Waals surface area contributed by atoms with E-state index in [0.29, 0.717) is 12.6 Å². The van der Waals surface area contributed by atoms with Gasteiger partial charge in [-0.25, -0.2) is 4.99 Å². The van der Waals surface area contributed by atoms with Gasteiger partial charge in [-0.3, -0.25) is 4.79 Å². The number of hydrogen-bond donors (Lipinski definition) is 2. The number of guanidine groups is 1. The number of pyridine rings is 1. The number of aliphatic imine (C=N–C) groups is 1. The monoisotopic (exact) mass is 552 g/mol. The Kier molecular flexibility index (Phi) is 11.6. The third kappa shape index (κ3) is 8.48. The summed E-state index contributed by atoms with van der Waals surface area (Å²) in [6.07, 6.45) is 8.90. The number of ether oxygens (including phenoxy) is 1. The maximum absolute atomic E-state index is 11.8. The molecule has 6 nitrogen and oxygen atoms in total. The molecule has 1 aromatic carbocycles. The van der Waals surface area contributed by atoms with Crippen molar-refractivity contribution in [1.82, 2.24) is 15.2 Å². The van der Waals surface area contributed by atoms with E-state index in [1.54, 1.807) is 16.7 Å². The van der Waals surface area contributed by atoms with Gasteiger partial charge in [0.05, 0.1) is 12.6 Å². The Labute approximate surface area is 208 Å². The molecule has 0 unspecified atom stereocenters. The van der Waals surface area contributed by atoms with Crippen LogP contribution in [0.25, 0.3) is 0 Å². The van der Waals surface area contributed by atoms with Gasteiger partial charge in [0.2, 0.25) is 5.56 Å². The molecule has 1 heterocycles. The molecule has 1 aromatic heterocycles. The molecular formula is C25H37IN4O2. The second kappa shape index (κ2) is 14.2. The van der Waals surface area contributed by atoms with Crippen LogP contribution in [0.2, 0.25) is 0 Å². The lowest BCUT2D eigenvalue weighted by Crippen LogP contribution is -2.37. The Bertz CT molecular complexity index is 907. The molecule has 0 saturated heterocycles. The highest BCUT2D eigenvalue weighted by atomic mass is 127. The number of unbranched alkanes of at least 4 members (excludes halogenated alkanes) is 1. The molecule has 0 atom stereocenters. The minimum Gasteiger partial charge on any atom is -0.490 e. The summed E-state index contributed by atoms with van der Waals surface area (Å²) in [4.78, 5) is 16.5. The predicted octanol–water partition coefficient (Wildman–Crippen LogP) is 4.63. The molecule has 32 heavy (non-hydrogen) atoms. The second-order valence-corrected chi connectivity index (χ2v) is 8.20. The molecule has 0 bridgehead atoms. The number of rotatable bonds is 10. The van der Waals surface area contributed by atoms with Crippen molar-refractivity contribution in [2.75, 3.05) is 13.1 Å². The molecule has 2 aromatic rings. The van der Waals surface area contributed by atoms with Crippen molar-refractivity contribution in [3.8, 4) is 5.75 Å². The van der Waals surface area contributed by atoms with Crippen LogP contribution < -0.4 is 20.9 Å². The van der Waals surface area contributed by atoms with E-state index >= 15 is 0 Å². The quantitative estimate of drug-likeness (QED) is 0.195. The van der Waals surface area contributed by atoms with E-state index in [4.69, 9.17) is 9.73 Å². The van der Waals surface area contributed by atoms with Crippen molar-refractivity contribution in [2.24, 2.45) is 4.99 Å². The Morgan fingerprint density at radius 2 is 1.97 bits per heavy atom. The Hall–Kier alpha value is -2.03. The third-order valence-corrected chi connectivity index (χ3v) is 5.59. The summed E-state index contributed by atoms with van der Waals surface area (Å²) in [6.45, 7) is 7.11. The van der Waals surface area contributed by atoms with Crippen LogP contribution in [0.3, 0.4) is 0 Å². The highest BCUT2D eigenvalue weighted by Gasteiger charge is 2.18. The third-order valence-electron chi connectivity index (χ3n) is 5.59. The number of nitrogens with one attached hydrogen (secondary N) is 2. The van der Waals surface area contributed by atoms with Crippen LogP contribution in [0, 0.1) is 6.92 Å². The van der Waals surface area contributed by atoms with Gasteiger partial charge in [-0.05, 0) is 70.1 Å². The lowest BCUT2D eigenvalue weighted by atomic mass is 10.1. The van der Waals surface area contributed by atoms with E-state index in [-0.39, 0.29) is 29.5 Å². The number of hydrogen-bond acceptors (Lipinski definition) is 3. The van der Waals surface area contributed by atoms with E-state index in [1.165, 1.54) is 18.4 Å². The van der Waals surface area contributed by atoms with Gasteiger partial charge in [0.1, 0.15) is 5.75 Å². The SMILES string of the molecule is CCNC(=NCc1ccc(C)cc1OC1CCCC1)NCCCCn1ccccc1=O.I. The summed E-state index contributed by atoms with van der Waals surface area (Å²) in [7, 11) is 0. The molecule has 0 amide bonds. The molecule has 1 fully saturated rings. The van der Waals surface area contributed by atoms with Gasteiger partial charge >= 0.3 is 0 Å². The van der Waals surface area contributed by atoms with E-state index < -0.39 is 0 Å². The van der Waals surface area contributed by atoms with Crippen molar-refractivity contribution in [1.29, 1.82) is 0 Å². The molecule has 7 heteroatoms. The first-order valence-electron chi connectivity index (χ1n) is 11.6. The van der Waals surface area contributed by atoms with Crippen molar-refractivity contribution in [3.05, 3.63) is 64.1 Å². The Morgan fingerprint density at radius 3 is 2.72 bits per heavy atom. The average Bonchev–Trinajstić information content (AvgIpc) is 3.27. The van der Waals surface area contributed by atoms with Crippen LogP contribution in [0.5, 0.6) is 5.75 Å². The molecule has 176 valence electrons. The fourth-order valence-corrected chi connectivity index (χ4v) is 3.85. The van der Waals surface area contributed by atoms with Crippen LogP contribution in [0.15, 0.2) is 52.4 Å². The number of nitrogens with zero attached hydrogens (tertiary/aromatic N) is 2. The molecule has 2 N–H and O–H groups in total. The Morgan fingerprint density at radius 1 is 1.16 bits per heavy atom.